The molecule has 0 saturated heterocycles. The van der Waals surface area contributed by atoms with Gasteiger partial charge < -0.3 is 10.1 Å². The Morgan fingerprint density at radius 3 is 2.76 bits per heavy atom. The maximum atomic E-state index is 6.06. The van der Waals surface area contributed by atoms with E-state index in [0.29, 0.717) is 15.9 Å². The van der Waals surface area contributed by atoms with Crippen molar-refractivity contribution in [3.8, 4) is 0 Å². The number of rotatable bonds is 3. The van der Waals surface area contributed by atoms with Crippen molar-refractivity contribution in [3.05, 3.63) is 21.3 Å². The van der Waals surface area contributed by atoms with Crippen LogP contribution >= 0.6 is 34.8 Å². The minimum absolute atomic E-state index is 0.197. The zero-order chi connectivity index (χ0) is 12.4. The van der Waals surface area contributed by atoms with Crippen LogP contribution < -0.4 is 5.32 Å². The number of pyridine rings is 1. The minimum Gasteiger partial charge on any atom is -0.379 e. The number of ether oxygens (including phenoxy) is 1. The largest absolute Gasteiger partial charge is 0.379 e. The highest BCUT2D eigenvalue weighted by Crippen LogP contribution is 2.31. The average Bonchev–Trinajstić information content (AvgIpc) is 2.73. The molecule has 1 fully saturated rings. The highest BCUT2D eigenvalue weighted by molar-refractivity contribution is 6.42. The number of aromatic nitrogens is 1. The van der Waals surface area contributed by atoms with Gasteiger partial charge in [0.15, 0.2) is 0 Å². The fraction of sp³-hybridized carbons (Fsp3) is 0.545. The third-order valence-corrected chi connectivity index (χ3v) is 3.93. The third kappa shape index (κ3) is 2.97. The van der Waals surface area contributed by atoms with E-state index in [1.807, 2.05) is 0 Å². The summed E-state index contributed by atoms with van der Waals surface area (Å²) in [5.74, 6) is 0.565. The van der Waals surface area contributed by atoms with Gasteiger partial charge in [0.25, 0.3) is 0 Å². The Morgan fingerprint density at radius 2 is 2.06 bits per heavy atom. The first-order chi connectivity index (χ1) is 8.11. The van der Waals surface area contributed by atoms with Crippen molar-refractivity contribution in [2.45, 2.75) is 31.4 Å². The normalized spacial score (nSPS) is 24.0. The Kier molecular flexibility index (Phi) is 4.36. The Balaban J connectivity index is 2.15. The van der Waals surface area contributed by atoms with E-state index < -0.39 is 0 Å². The van der Waals surface area contributed by atoms with Gasteiger partial charge in [-0.1, -0.05) is 34.8 Å². The van der Waals surface area contributed by atoms with Crippen LogP contribution in [0.1, 0.15) is 19.3 Å². The molecule has 0 radical (unpaired) electrons. The van der Waals surface area contributed by atoms with E-state index in [4.69, 9.17) is 39.5 Å². The lowest BCUT2D eigenvalue weighted by Gasteiger charge is -2.20. The fourth-order valence-electron chi connectivity index (χ4n) is 2.09. The van der Waals surface area contributed by atoms with Gasteiger partial charge in [-0.05, 0) is 25.3 Å². The summed E-state index contributed by atoms with van der Waals surface area (Å²) in [6.07, 6.45) is 3.42. The van der Waals surface area contributed by atoms with Crippen LogP contribution in [-0.2, 0) is 4.74 Å². The number of nitrogens with zero attached hydrogens (tertiary/aromatic N) is 1. The molecule has 17 heavy (non-hydrogen) atoms. The Morgan fingerprint density at radius 1 is 1.29 bits per heavy atom. The first-order valence-electron chi connectivity index (χ1n) is 5.42. The molecule has 2 unspecified atom stereocenters. The van der Waals surface area contributed by atoms with Crippen LogP contribution in [0.3, 0.4) is 0 Å². The zero-order valence-corrected chi connectivity index (χ0v) is 11.6. The third-order valence-electron chi connectivity index (χ3n) is 2.96. The molecule has 1 aliphatic rings. The predicted octanol–water partition coefficient (Wildman–Crippen LogP) is 4.02. The van der Waals surface area contributed by atoms with E-state index in [-0.39, 0.29) is 17.3 Å². The summed E-state index contributed by atoms with van der Waals surface area (Å²) in [6.45, 7) is 0. The van der Waals surface area contributed by atoms with Gasteiger partial charge in [0, 0.05) is 7.11 Å². The fourth-order valence-corrected chi connectivity index (χ4v) is 2.65. The van der Waals surface area contributed by atoms with Crippen molar-refractivity contribution in [1.82, 2.24) is 4.98 Å². The zero-order valence-electron chi connectivity index (χ0n) is 9.34. The van der Waals surface area contributed by atoms with Crippen molar-refractivity contribution in [2.75, 3.05) is 12.4 Å². The van der Waals surface area contributed by atoms with Crippen molar-refractivity contribution >= 4 is 40.6 Å². The molecule has 1 heterocycles. The van der Waals surface area contributed by atoms with Crippen LogP contribution in [-0.4, -0.2) is 24.2 Å². The van der Waals surface area contributed by atoms with Crippen LogP contribution in [0.5, 0.6) is 0 Å². The summed E-state index contributed by atoms with van der Waals surface area (Å²) >= 11 is 17.8. The van der Waals surface area contributed by atoms with E-state index in [9.17, 15) is 0 Å². The van der Waals surface area contributed by atoms with Crippen LogP contribution in [0.2, 0.25) is 15.2 Å². The van der Waals surface area contributed by atoms with Crippen LogP contribution in [0.15, 0.2) is 6.07 Å². The second-order valence-electron chi connectivity index (χ2n) is 4.05. The quantitative estimate of drug-likeness (QED) is 0.855. The molecule has 1 N–H and O–H groups in total. The minimum atomic E-state index is 0.197. The summed E-state index contributed by atoms with van der Waals surface area (Å²) in [5.41, 5.74) is 0. The van der Waals surface area contributed by atoms with Crippen LogP contribution in [0.4, 0.5) is 5.82 Å². The lowest BCUT2D eigenvalue weighted by molar-refractivity contribution is 0.101. The maximum Gasteiger partial charge on any atom is 0.150 e. The molecular weight excluding hydrogens is 282 g/mol. The smallest absolute Gasteiger partial charge is 0.150 e. The number of hydrogen-bond donors (Lipinski definition) is 1. The first kappa shape index (κ1) is 13.2. The number of anilines is 1. The standard InChI is InChI=1S/C11H13Cl3N2O/c1-17-9-4-2-3-8(9)15-11-7(13)5-6(12)10(14)16-11/h5,8-9H,2-4H2,1H3,(H,15,16). The summed E-state index contributed by atoms with van der Waals surface area (Å²) < 4.78 is 5.40. The summed E-state index contributed by atoms with van der Waals surface area (Å²) in [5, 5.41) is 4.35. The Labute approximate surface area is 115 Å². The second-order valence-corrected chi connectivity index (χ2v) is 5.22. The molecule has 6 heteroatoms. The topological polar surface area (TPSA) is 34.1 Å². The van der Waals surface area contributed by atoms with Gasteiger partial charge in [0.05, 0.1) is 22.2 Å². The average molecular weight is 296 g/mol. The molecule has 1 aliphatic carbocycles. The van der Waals surface area contributed by atoms with Gasteiger partial charge in [-0.25, -0.2) is 4.98 Å². The van der Waals surface area contributed by atoms with Gasteiger partial charge in [-0.3, -0.25) is 0 Å². The van der Waals surface area contributed by atoms with E-state index in [1.54, 1.807) is 13.2 Å². The molecule has 0 aromatic carbocycles. The number of halogens is 3. The molecule has 0 aliphatic heterocycles. The molecule has 3 nitrogen and oxygen atoms in total. The van der Waals surface area contributed by atoms with E-state index in [1.165, 1.54) is 0 Å². The maximum absolute atomic E-state index is 6.06. The van der Waals surface area contributed by atoms with E-state index >= 15 is 0 Å². The Hall–Kier alpha value is -0.220. The number of hydrogen-bond acceptors (Lipinski definition) is 3. The lowest BCUT2D eigenvalue weighted by Crippen LogP contribution is -2.30. The van der Waals surface area contributed by atoms with Gasteiger partial charge in [0.2, 0.25) is 0 Å². The van der Waals surface area contributed by atoms with Crippen molar-refractivity contribution in [2.24, 2.45) is 0 Å². The van der Waals surface area contributed by atoms with Crippen molar-refractivity contribution in [3.63, 3.8) is 0 Å². The first-order valence-corrected chi connectivity index (χ1v) is 6.56. The van der Waals surface area contributed by atoms with Gasteiger partial charge in [-0.15, -0.1) is 0 Å². The molecule has 1 aromatic heterocycles. The van der Waals surface area contributed by atoms with Gasteiger partial charge in [-0.2, -0.15) is 0 Å². The molecule has 1 saturated carbocycles. The molecule has 0 bridgehead atoms. The van der Waals surface area contributed by atoms with Gasteiger partial charge in [0.1, 0.15) is 11.0 Å². The SMILES string of the molecule is COC1CCCC1Nc1nc(Cl)c(Cl)cc1Cl. The molecule has 2 atom stereocenters. The molecule has 2 rings (SSSR count). The lowest BCUT2D eigenvalue weighted by atomic mass is 10.2. The number of nitrogens with one attached hydrogen (secondary N) is 1. The summed E-state index contributed by atoms with van der Waals surface area (Å²) in [4.78, 5) is 4.14. The highest BCUT2D eigenvalue weighted by atomic mass is 35.5. The van der Waals surface area contributed by atoms with E-state index in [0.717, 1.165) is 19.3 Å². The summed E-state index contributed by atoms with van der Waals surface area (Å²) in [7, 11) is 1.72. The summed E-state index contributed by atoms with van der Waals surface area (Å²) in [6, 6.07) is 1.82. The molecule has 0 spiro atoms. The Bertz CT molecular complexity index is 414. The van der Waals surface area contributed by atoms with Crippen molar-refractivity contribution < 1.29 is 4.74 Å². The van der Waals surface area contributed by atoms with Crippen molar-refractivity contribution in [1.29, 1.82) is 0 Å². The van der Waals surface area contributed by atoms with Gasteiger partial charge >= 0.3 is 0 Å². The molecule has 0 amide bonds. The molecular formula is C11H13Cl3N2O. The monoisotopic (exact) mass is 294 g/mol. The molecule has 1 aromatic rings. The second kappa shape index (κ2) is 5.61. The van der Waals surface area contributed by atoms with E-state index in [2.05, 4.69) is 10.3 Å². The van der Waals surface area contributed by atoms with Crippen LogP contribution in [0.25, 0.3) is 0 Å². The highest BCUT2D eigenvalue weighted by Gasteiger charge is 2.27. The predicted molar refractivity (Wildman–Crippen MR) is 71.3 cm³/mol. The number of methoxy groups -OCH3 is 1. The molecule has 94 valence electrons. The van der Waals surface area contributed by atoms with Crippen LogP contribution in [0, 0.1) is 0 Å².